The lowest BCUT2D eigenvalue weighted by molar-refractivity contribution is 1.46. The van der Waals surface area contributed by atoms with E-state index in [4.69, 9.17) is 0 Å². The Kier molecular flexibility index (Phi) is 1.21. The molecule has 0 atom stereocenters. The Hall–Kier alpha value is -1.02. The van der Waals surface area contributed by atoms with Crippen LogP contribution in [0.5, 0.6) is 0 Å². The van der Waals surface area contributed by atoms with E-state index in [0.29, 0.717) is 0 Å². The van der Waals surface area contributed by atoms with Gasteiger partial charge in [0.15, 0.2) is 0 Å². The lowest BCUT2D eigenvalue weighted by Crippen LogP contribution is -1.83. The summed E-state index contributed by atoms with van der Waals surface area (Å²) in [6, 6.07) is 10.9. The molecule has 0 bridgehead atoms. The second kappa shape index (κ2) is 2.23. The van der Waals surface area contributed by atoms with Crippen molar-refractivity contribution in [2.75, 3.05) is 18.0 Å². The average Bonchev–Trinajstić information content (AvgIpc) is 2.85. The van der Waals surface area contributed by atoms with Gasteiger partial charge in [-0.1, -0.05) is 18.2 Å². The third-order valence-electron chi connectivity index (χ3n) is 2.17. The zero-order valence-electron chi connectivity index (χ0n) is 6.66. The largest absolute Gasteiger partial charge is 0.360 e. The molecule has 12 heavy (non-hydrogen) atoms. The van der Waals surface area contributed by atoms with E-state index in [0.717, 1.165) is 0 Å². The molecule has 1 aromatic heterocycles. The number of rotatable bonds is 1. The number of fused-ring (bicyclic) bond motifs is 1. The number of anilines is 1. The van der Waals surface area contributed by atoms with Gasteiger partial charge in [-0.15, -0.1) is 11.3 Å². The molecule has 1 aromatic carbocycles. The number of hydrogen-bond acceptors (Lipinski definition) is 2. The van der Waals surface area contributed by atoms with E-state index in [-0.39, 0.29) is 0 Å². The fourth-order valence-corrected chi connectivity index (χ4v) is 2.51. The Labute approximate surface area is 75.2 Å². The van der Waals surface area contributed by atoms with Gasteiger partial charge in [-0.25, -0.2) is 0 Å². The molecule has 2 aromatic rings. The molecule has 1 aliphatic heterocycles. The highest BCUT2D eigenvalue weighted by atomic mass is 32.1. The zero-order valence-corrected chi connectivity index (χ0v) is 7.47. The summed E-state index contributed by atoms with van der Waals surface area (Å²) in [4.78, 5) is 2.39. The van der Waals surface area contributed by atoms with E-state index in [2.05, 4.69) is 35.2 Å². The minimum atomic E-state index is 1.24. The molecule has 0 spiro atoms. The Balaban J connectivity index is 2.23. The first-order valence-electron chi connectivity index (χ1n) is 4.17. The summed E-state index contributed by atoms with van der Waals surface area (Å²) in [5.74, 6) is 0. The van der Waals surface area contributed by atoms with Gasteiger partial charge in [-0.3, -0.25) is 0 Å². The lowest BCUT2D eigenvalue weighted by Gasteiger charge is -1.91. The minimum Gasteiger partial charge on any atom is -0.360 e. The van der Waals surface area contributed by atoms with Gasteiger partial charge in [0.2, 0.25) is 0 Å². The van der Waals surface area contributed by atoms with Crippen LogP contribution in [-0.4, -0.2) is 13.1 Å². The third kappa shape index (κ3) is 0.916. The maximum Gasteiger partial charge on any atom is 0.0922 e. The van der Waals surface area contributed by atoms with E-state index in [9.17, 15) is 0 Å². The third-order valence-corrected chi connectivity index (χ3v) is 3.35. The summed E-state index contributed by atoms with van der Waals surface area (Å²) in [5, 5.41) is 2.81. The Morgan fingerprint density at radius 2 is 2.00 bits per heavy atom. The maximum atomic E-state index is 2.39. The predicted octanol–water partition coefficient (Wildman–Crippen LogP) is 2.72. The number of thiophene rings is 1. The number of hydrogen-bond donors (Lipinski definition) is 0. The van der Waals surface area contributed by atoms with Crippen LogP contribution in [0.1, 0.15) is 0 Å². The van der Waals surface area contributed by atoms with Crippen molar-refractivity contribution in [3.8, 4) is 0 Å². The molecule has 1 fully saturated rings. The summed E-state index contributed by atoms with van der Waals surface area (Å²) in [5.41, 5.74) is 0. The van der Waals surface area contributed by atoms with Crippen molar-refractivity contribution >= 4 is 26.4 Å². The maximum absolute atomic E-state index is 2.39. The van der Waals surface area contributed by atoms with Crippen LogP contribution in [0.4, 0.5) is 5.00 Å². The molecular weight excluding hydrogens is 166 g/mol. The van der Waals surface area contributed by atoms with Crippen molar-refractivity contribution in [1.82, 2.24) is 0 Å². The van der Waals surface area contributed by atoms with Gasteiger partial charge in [-0.2, -0.15) is 0 Å². The molecule has 2 heterocycles. The van der Waals surface area contributed by atoms with Crippen LogP contribution in [0.25, 0.3) is 10.1 Å². The summed E-state index contributed by atoms with van der Waals surface area (Å²) in [7, 11) is 0. The molecule has 0 aliphatic carbocycles. The lowest BCUT2D eigenvalue weighted by atomic mass is 10.3. The first-order chi connectivity index (χ1) is 5.93. The highest BCUT2D eigenvalue weighted by Gasteiger charge is 2.19. The summed E-state index contributed by atoms with van der Waals surface area (Å²) in [6.07, 6.45) is 0. The van der Waals surface area contributed by atoms with Crippen LogP contribution in [0.2, 0.25) is 0 Å². The van der Waals surface area contributed by atoms with Gasteiger partial charge >= 0.3 is 0 Å². The fraction of sp³-hybridized carbons (Fsp3) is 0.200. The van der Waals surface area contributed by atoms with Crippen molar-refractivity contribution in [3.63, 3.8) is 0 Å². The van der Waals surface area contributed by atoms with Crippen molar-refractivity contribution in [1.29, 1.82) is 0 Å². The molecule has 2 heteroatoms. The Bertz CT molecular complexity index is 381. The van der Waals surface area contributed by atoms with Crippen LogP contribution in [-0.2, 0) is 0 Å². The molecule has 3 rings (SSSR count). The monoisotopic (exact) mass is 175 g/mol. The number of benzene rings is 1. The van der Waals surface area contributed by atoms with Crippen molar-refractivity contribution in [2.24, 2.45) is 0 Å². The molecule has 1 nitrogen and oxygen atoms in total. The molecule has 0 unspecified atom stereocenters. The number of nitrogens with zero attached hydrogens (tertiary/aromatic N) is 1. The summed E-state index contributed by atoms with van der Waals surface area (Å²) < 4.78 is 1.40. The van der Waals surface area contributed by atoms with Crippen molar-refractivity contribution in [3.05, 3.63) is 30.3 Å². The minimum absolute atomic E-state index is 1.24. The zero-order chi connectivity index (χ0) is 7.97. The van der Waals surface area contributed by atoms with E-state index < -0.39 is 0 Å². The molecule has 1 saturated heterocycles. The van der Waals surface area contributed by atoms with Gasteiger partial charge in [0.05, 0.1) is 5.00 Å². The Morgan fingerprint density at radius 3 is 2.75 bits per heavy atom. The first-order valence-corrected chi connectivity index (χ1v) is 4.99. The Morgan fingerprint density at radius 1 is 1.17 bits per heavy atom. The van der Waals surface area contributed by atoms with Crippen LogP contribution >= 0.6 is 11.3 Å². The normalized spacial score (nSPS) is 15.5. The molecule has 0 radical (unpaired) electrons. The highest BCUT2D eigenvalue weighted by molar-refractivity contribution is 7.22. The molecule has 60 valence electrons. The van der Waals surface area contributed by atoms with E-state index in [1.165, 1.54) is 28.2 Å². The SMILES string of the molecule is c1ccc2sc(N3CC3)cc2c1. The molecule has 0 N–H and O–H groups in total. The average molecular weight is 175 g/mol. The summed E-state index contributed by atoms with van der Waals surface area (Å²) in [6.45, 7) is 2.49. The first kappa shape index (κ1) is 6.49. The van der Waals surface area contributed by atoms with Gasteiger partial charge in [0.25, 0.3) is 0 Å². The molecule has 0 amide bonds. The van der Waals surface area contributed by atoms with Crippen LogP contribution in [0.15, 0.2) is 30.3 Å². The second-order valence-corrected chi connectivity index (χ2v) is 4.17. The smallest absolute Gasteiger partial charge is 0.0922 e. The van der Waals surface area contributed by atoms with Gasteiger partial charge < -0.3 is 4.90 Å². The van der Waals surface area contributed by atoms with E-state index in [1.54, 1.807) is 0 Å². The van der Waals surface area contributed by atoms with E-state index in [1.807, 2.05) is 11.3 Å². The summed E-state index contributed by atoms with van der Waals surface area (Å²) >= 11 is 1.89. The molecular formula is C10H9NS. The highest BCUT2D eigenvalue weighted by Crippen LogP contribution is 2.34. The van der Waals surface area contributed by atoms with Gasteiger partial charge in [-0.05, 0) is 17.5 Å². The molecule has 1 aliphatic rings. The second-order valence-electron chi connectivity index (χ2n) is 3.11. The topological polar surface area (TPSA) is 3.01 Å². The van der Waals surface area contributed by atoms with Gasteiger partial charge in [0.1, 0.15) is 0 Å². The van der Waals surface area contributed by atoms with Crippen molar-refractivity contribution < 1.29 is 0 Å². The molecule has 0 saturated carbocycles. The van der Waals surface area contributed by atoms with E-state index >= 15 is 0 Å². The van der Waals surface area contributed by atoms with Crippen LogP contribution < -0.4 is 4.90 Å². The fourth-order valence-electron chi connectivity index (χ4n) is 1.39. The quantitative estimate of drug-likeness (QED) is 0.602. The van der Waals surface area contributed by atoms with Gasteiger partial charge in [0, 0.05) is 17.8 Å². The predicted molar refractivity (Wildman–Crippen MR) is 54.0 cm³/mol. The van der Waals surface area contributed by atoms with Crippen LogP contribution in [0.3, 0.4) is 0 Å². The van der Waals surface area contributed by atoms with Crippen LogP contribution in [0, 0.1) is 0 Å². The standard InChI is InChI=1S/C10H9NS/c1-2-4-9-8(3-1)7-10(12-9)11-5-6-11/h1-4,7H,5-6H2. The van der Waals surface area contributed by atoms with Crippen molar-refractivity contribution in [2.45, 2.75) is 0 Å².